The van der Waals surface area contributed by atoms with Gasteiger partial charge in [0.15, 0.2) is 11.5 Å². The van der Waals surface area contributed by atoms with Gasteiger partial charge in [0, 0.05) is 22.1 Å². The van der Waals surface area contributed by atoms with Gasteiger partial charge in [0.1, 0.15) is 12.1 Å². The fourth-order valence-electron chi connectivity index (χ4n) is 5.30. The highest BCUT2D eigenvalue weighted by Crippen LogP contribution is 2.50. The quantitative estimate of drug-likeness (QED) is 0.507. The first-order valence-corrected chi connectivity index (χ1v) is 10.4. The number of phenolic OH excluding ortho intramolecular Hbond substituents is 1. The molecule has 144 valence electrons. The van der Waals surface area contributed by atoms with Gasteiger partial charge in [0.05, 0.1) is 5.69 Å². The molecule has 0 aliphatic heterocycles. The number of hydrogen-bond donors (Lipinski definition) is 1. The molecular formula is C24H22N4O. The Morgan fingerprint density at radius 2 is 1.72 bits per heavy atom. The van der Waals surface area contributed by atoms with Crippen molar-refractivity contribution in [2.45, 2.75) is 43.9 Å². The lowest BCUT2D eigenvalue weighted by molar-refractivity contribution is 0.288. The predicted molar refractivity (Wildman–Crippen MR) is 112 cm³/mol. The summed E-state index contributed by atoms with van der Waals surface area (Å²) >= 11 is 0. The van der Waals surface area contributed by atoms with Crippen LogP contribution in [-0.2, 0) is 11.8 Å². The molecule has 1 N–H and O–H groups in total. The van der Waals surface area contributed by atoms with Crippen LogP contribution in [0.4, 0.5) is 0 Å². The Hall–Kier alpha value is -3.21. The Morgan fingerprint density at radius 1 is 0.931 bits per heavy atom. The molecule has 2 aromatic heterocycles. The van der Waals surface area contributed by atoms with Gasteiger partial charge in [0.2, 0.25) is 0 Å². The summed E-state index contributed by atoms with van der Waals surface area (Å²) < 4.78 is 1.84. The average molecular weight is 382 g/mol. The highest BCUT2D eigenvalue weighted by Gasteiger charge is 2.42. The Morgan fingerprint density at radius 3 is 2.55 bits per heavy atom. The van der Waals surface area contributed by atoms with E-state index in [1.807, 2.05) is 16.6 Å². The van der Waals surface area contributed by atoms with E-state index in [0.717, 1.165) is 23.3 Å². The van der Waals surface area contributed by atoms with E-state index in [-0.39, 0.29) is 11.2 Å². The lowest BCUT2D eigenvalue weighted by Gasteiger charge is -2.42. The van der Waals surface area contributed by atoms with E-state index in [1.54, 1.807) is 18.5 Å². The molecule has 2 aromatic carbocycles. The second-order valence-electron chi connectivity index (χ2n) is 8.39. The van der Waals surface area contributed by atoms with Gasteiger partial charge < -0.3 is 5.11 Å². The summed E-state index contributed by atoms with van der Waals surface area (Å²) in [6, 6.07) is 15.7. The SMILES string of the molecule is Oc1ccc(-c2nc3c4c(ncn3n2)-c2ccccc2CC42CCCCC2)cc1. The van der Waals surface area contributed by atoms with Crippen molar-refractivity contribution in [1.82, 2.24) is 19.6 Å². The van der Waals surface area contributed by atoms with Crippen LogP contribution in [0.25, 0.3) is 28.3 Å². The van der Waals surface area contributed by atoms with Crippen LogP contribution in [0, 0.1) is 0 Å². The zero-order chi connectivity index (χ0) is 19.4. The fourth-order valence-corrected chi connectivity index (χ4v) is 5.30. The standard InChI is InChI=1S/C24H22N4O/c29-18-10-8-16(9-11-18)22-26-23-20-21(25-15-28(23)27-22)19-7-3-2-6-17(19)14-24(20)12-4-1-5-13-24/h2-3,6-11,15,29H,1,4-5,12-14H2. The second-order valence-corrected chi connectivity index (χ2v) is 8.39. The van der Waals surface area contributed by atoms with Gasteiger partial charge >= 0.3 is 0 Å². The first-order valence-electron chi connectivity index (χ1n) is 10.4. The smallest absolute Gasteiger partial charge is 0.182 e. The van der Waals surface area contributed by atoms with Crippen LogP contribution >= 0.6 is 0 Å². The van der Waals surface area contributed by atoms with Crippen molar-refractivity contribution in [1.29, 1.82) is 0 Å². The lowest BCUT2D eigenvalue weighted by atomic mass is 9.62. The number of aromatic hydroxyl groups is 1. The summed E-state index contributed by atoms with van der Waals surface area (Å²) in [7, 11) is 0. The minimum atomic E-state index is 0.0940. The molecule has 29 heavy (non-hydrogen) atoms. The molecule has 0 radical (unpaired) electrons. The maximum absolute atomic E-state index is 9.60. The van der Waals surface area contributed by atoms with Gasteiger partial charge in [-0.05, 0) is 49.1 Å². The van der Waals surface area contributed by atoms with Crippen LogP contribution in [0.3, 0.4) is 0 Å². The normalized spacial score (nSPS) is 17.2. The number of benzene rings is 2. The topological polar surface area (TPSA) is 63.3 Å². The van der Waals surface area contributed by atoms with Crippen LogP contribution in [0.5, 0.6) is 5.75 Å². The van der Waals surface area contributed by atoms with Crippen molar-refractivity contribution in [3.63, 3.8) is 0 Å². The molecule has 2 aliphatic carbocycles. The van der Waals surface area contributed by atoms with E-state index in [1.165, 1.54) is 48.8 Å². The summed E-state index contributed by atoms with van der Waals surface area (Å²) in [5, 5.41) is 14.3. The molecule has 6 rings (SSSR count). The molecule has 0 amide bonds. The Labute approximate surface area is 169 Å². The third-order valence-corrected chi connectivity index (χ3v) is 6.66. The van der Waals surface area contributed by atoms with Gasteiger partial charge in [-0.1, -0.05) is 43.5 Å². The maximum atomic E-state index is 9.60. The Bertz CT molecular complexity index is 1220. The van der Waals surface area contributed by atoms with Crippen LogP contribution in [0.1, 0.15) is 43.2 Å². The maximum Gasteiger partial charge on any atom is 0.182 e. The van der Waals surface area contributed by atoms with Crippen molar-refractivity contribution in [3.8, 4) is 28.4 Å². The average Bonchev–Trinajstić information content (AvgIpc) is 3.19. The molecule has 5 nitrogen and oxygen atoms in total. The van der Waals surface area contributed by atoms with Gasteiger partial charge in [-0.2, -0.15) is 0 Å². The predicted octanol–water partition coefficient (Wildman–Crippen LogP) is 4.92. The highest BCUT2D eigenvalue weighted by atomic mass is 16.3. The third kappa shape index (κ3) is 2.50. The van der Waals surface area contributed by atoms with E-state index < -0.39 is 0 Å². The van der Waals surface area contributed by atoms with Crippen LogP contribution in [0.2, 0.25) is 0 Å². The van der Waals surface area contributed by atoms with E-state index in [0.29, 0.717) is 5.82 Å². The number of fused-ring (bicyclic) bond motifs is 6. The van der Waals surface area contributed by atoms with Crippen molar-refractivity contribution < 1.29 is 5.11 Å². The Kier molecular flexibility index (Phi) is 3.54. The van der Waals surface area contributed by atoms with Gasteiger partial charge in [-0.3, -0.25) is 0 Å². The number of rotatable bonds is 1. The first-order chi connectivity index (χ1) is 14.2. The molecule has 1 fully saturated rings. The molecule has 2 aliphatic rings. The lowest BCUT2D eigenvalue weighted by Crippen LogP contribution is -2.36. The van der Waals surface area contributed by atoms with Gasteiger partial charge in [-0.15, -0.1) is 5.10 Å². The number of phenols is 1. The van der Waals surface area contributed by atoms with E-state index in [2.05, 4.69) is 24.3 Å². The van der Waals surface area contributed by atoms with Crippen LogP contribution < -0.4 is 0 Å². The number of nitrogens with zero attached hydrogens (tertiary/aromatic N) is 4. The summed E-state index contributed by atoms with van der Waals surface area (Å²) in [6.07, 6.45) is 9.01. The first kappa shape index (κ1) is 16.7. The van der Waals surface area contributed by atoms with Crippen LogP contribution in [-0.4, -0.2) is 24.7 Å². The van der Waals surface area contributed by atoms with Crippen molar-refractivity contribution in [2.75, 3.05) is 0 Å². The van der Waals surface area contributed by atoms with Crippen molar-refractivity contribution in [3.05, 3.63) is 66.0 Å². The van der Waals surface area contributed by atoms with Crippen molar-refractivity contribution >= 4 is 5.65 Å². The molecule has 4 aromatic rings. The minimum absolute atomic E-state index is 0.0940. The fraction of sp³-hybridized carbons (Fsp3) is 0.292. The molecule has 0 atom stereocenters. The van der Waals surface area contributed by atoms with Crippen molar-refractivity contribution in [2.24, 2.45) is 0 Å². The van der Waals surface area contributed by atoms with Gasteiger partial charge in [-0.25, -0.2) is 14.5 Å². The van der Waals surface area contributed by atoms with E-state index in [4.69, 9.17) is 15.1 Å². The van der Waals surface area contributed by atoms with E-state index >= 15 is 0 Å². The molecule has 0 unspecified atom stereocenters. The third-order valence-electron chi connectivity index (χ3n) is 6.66. The molecule has 2 heterocycles. The summed E-state index contributed by atoms with van der Waals surface area (Å²) in [4.78, 5) is 9.86. The molecule has 1 spiro atoms. The van der Waals surface area contributed by atoms with Crippen LogP contribution in [0.15, 0.2) is 54.9 Å². The molecule has 1 saturated carbocycles. The molecular weight excluding hydrogens is 360 g/mol. The van der Waals surface area contributed by atoms with E-state index in [9.17, 15) is 5.11 Å². The largest absolute Gasteiger partial charge is 0.508 e. The number of aromatic nitrogens is 4. The minimum Gasteiger partial charge on any atom is -0.508 e. The highest BCUT2D eigenvalue weighted by molar-refractivity contribution is 5.78. The number of hydrogen-bond acceptors (Lipinski definition) is 4. The molecule has 0 bridgehead atoms. The molecule has 0 saturated heterocycles. The summed E-state index contributed by atoms with van der Waals surface area (Å²) in [5.41, 5.74) is 6.90. The zero-order valence-electron chi connectivity index (χ0n) is 16.2. The Balaban J connectivity index is 1.62. The molecule has 5 heteroatoms. The monoisotopic (exact) mass is 382 g/mol. The second kappa shape index (κ2) is 6.14. The zero-order valence-corrected chi connectivity index (χ0v) is 16.2. The summed E-state index contributed by atoms with van der Waals surface area (Å²) in [5.74, 6) is 0.916. The summed E-state index contributed by atoms with van der Waals surface area (Å²) in [6.45, 7) is 0. The van der Waals surface area contributed by atoms with Gasteiger partial charge in [0.25, 0.3) is 0 Å².